The number of hydrogen-bond donors (Lipinski definition) is 0. The minimum atomic E-state index is -0.663. The van der Waals surface area contributed by atoms with E-state index in [4.69, 9.17) is 28.4 Å². The van der Waals surface area contributed by atoms with Crippen molar-refractivity contribution in [3.05, 3.63) is 7.11 Å². The summed E-state index contributed by atoms with van der Waals surface area (Å²) in [5.41, 5.74) is 0. The zero-order valence-corrected chi connectivity index (χ0v) is 11.8. The van der Waals surface area contributed by atoms with Gasteiger partial charge in [0.05, 0.1) is 12.7 Å². The van der Waals surface area contributed by atoms with Crippen LogP contribution in [0, 0.1) is 7.11 Å². The van der Waals surface area contributed by atoms with Gasteiger partial charge in [-0.05, 0) is 27.7 Å². The number of rotatable bonds is 2. The van der Waals surface area contributed by atoms with E-state index in [0.29, 0.717) is 6.61 Å². The fourth-order valence-corrected chi connectivity index (χ4v) is 2.87. The second-order valence-electron chi connectivity index (χ2n) is 6.07. The van der Waals surface area contributed by atoms with Crippen molar-refractivity contribution in [2.45, 2.75) is 70.0 Å². The van der Waals surface area contributed by atoms with Gasteiger partial charge in [-0.25, -0.2) is 7.11 Å². The van der Waals surface area contributed by atoms with Crippen molar-refractivity contribution in [2.24, 2.45) is 0 Å². The molecule has 3 rings (SSSR count). The summed E-state index contributed by atoms with van der Waals surface area (Å²) < 4.78 is 34.1. The van der Waals surface area contributed by atoms with E-state index in [0.717, 1.165) is 0 Å². The van der Waals surface area contributed by atoms with E-state index in [1.165, 1.54) is 0 Å². The molecule has 6 nitrogen and oxygen atoms in total. The summed E-state index contributed by atoms with van der Waals surface area (Å²) in [5.74, 6) is -1.26. The molecular formula is C13H21O6-. The van der Waals surface area contributed by atoms with Crippen molar-refractivity contribution in [1.82, 2.24) is 0 Å². The van der Waals surface area contributed by atoms with Crippen LogP contribution in [0.25, 0.3) is 0 Å². The molecule has 3 aliphatic heterocycles. The Hall–Kier alpha value is -0.240. The van der Waals surface area contributed by atoms with Gasteiger partial charge >= 0.3 is 0 Å². The van der Waals surface area contributed by atoms with Crippen LogP contribution in [0.1, 0.15) is 27.7 Å². The molecule has 19 heavy (non-hydrogen) atoms. The van der Waals surface area contributed by atoms with Crippen molar-refractivity contribution in [3.8, 4) is 0 Å². The van der Waals surface area contributed by atoms with Gasteiger partial charge in [0.25, 0.3) is 0 Å². The Labute approximate surface area is 113 Å². The molecule has 110 valence electrons. The van der Waals surface area contributed by atoms with Gasteiger partial charge in [-0.1, -0.05) is 0 Å². The molecule has 3 aliphatic rings. The van der Waals surface area contributed by atoms with Gasteiger partial charge in [-0.15, -0.1) is 0 Å². The fraction of sp³-hybridized carbons (Fsp3) is 0.923. The van der Waals surface area contributed by atoms with Gasteiger partial charge in [-0.3, -0.25) is 0 Å². The van der Waals surface area contributed by atoms with Crippen LogP contribution in [-0.4, -0.2) is 48.9 Å². The lowest BCUT2D eigenvalue weighted by Gasteiger charge is -2.30. The third-order valence-corrected chi connectivity index (χ3v) is 3.62. The zero-order chi connectivity index (χ0) is 13.8. The summed E-state index contributed by atoms with van der Waals surface area (Å²) in [4.78, 5) is 0. The first-order valence-corrected chi connectivity index (χ1v) is 6.55. The molecule has 0 aromatic heterocycles. The normalized spacial score (nSPS) is 47.5. The van der Waals surface area contributed by atoms with Crippen LogP contribution in [-0.2, 0) is 28.4 Å². The molecule has 1 unspecified atom stereocenters. The van der Waals surface area contributed by atoms with Gasteiger partial charge < -0.3 is 28.4 Å². The van der Waals surface area contributed by atoms with Gasteiger partial charge in [0, 0.05) is 0 Å². The topological polar surface area (TPSA) is 55.4 Å². The van der Waals surface area contributed by atoms with E-state index in [2.05, 4.69) is 7.11 Å². The van der Waals surface area contributed by atoms with Crippen molar-refractivity contribution in [2.75, 3.05) is 6.61 Å². The molecule has 0 bridgehead atoms. The largest absolute Gasteiger partial charge is 0.549 e. The molecule has 0 spiro atoms. The predicted molar refractivity (Wildman–Crippen MR) is 63.8 cm³/mol. The third-order valence-electron chi connectivity index (χ3n) is 3.62. The average Bonchev–Trinajstić information content (AvgIpc) is 2.87. The van der Waals surface area contributed by atoms with Crippen molar-refractivity contribution in [3.63, 3.8) is 0 Å². The monoisotopic (exact) mass is 273 g/mol. The van der Waals surface area contributed by atoms with Crippen LogP contribution in [0.2, 0.25) is 0 Å². The maximum absolute atomic E-state index is 5.88. The zero-order valence-electron chi connectivity index (χ0n) is 11.8. The fourth-order valence-electron chi connectivity index (χ4n) is 2.87. The molecule has 3 fully saturated rings. The first-order chi connectivity index (χ1) is 8.81. The second kappa shape index (κ2) is 4.38. The molecule has 3 saturated heterocycles. The minimum Gasteiger partial charge on any atom is -0.549 e. The van der Waals surface area contributed by atoms with Gasteiger partial charge in [0.2, 0.25) is 0 Å². The Balaban J connectivity index is 1.72. The number of fused-ring (bicyclic) bond motifs is 1. The summed E-state index contributed by atoms with van der Waals surface area (Å²) >= 11 is 0. The highest BCUT2D eigenvalue weighted by Gasteiger charge is 2.57. The van der Waals surface area contributed by atoms with Gasteiger partial charge in [0.15, 0.2) is 17.9 Å². The molecule has 6 heteroatoms. The van der Waals surface area contributed by atoms with Crippen molar-refractivity contribution in [1.29, 1.82) is 0 Å². The SMILES string of the molecule is [CH2-]O[C@@H]1[C@@H]2OC(C)(C)O[C@H]2O[C@@H]1C1COC(C)(C)O1. The Morgan fingerprint density at radius 3 is 2.32 bits per heavy atom. The summed E-state index contributed by atoms with van der Waals surface area (Å²) in [5, 5.41) is 0. The molecule has 0 saturated carbocycles. The van der Waals surface area contributed by atoms with Crippen LogP contribution in [0.3, 0.4) is 0 Å². The van der Waals surface area contributed by atoms with E-state index in [1.54, 1.807) is 0 Å². The molecule has 0 radical (unpaired) electrons. The smallest absolute Gasteiger partial charge is 0.190 e. The molecule has 0 amide bonds. The minimum absolute atomic E-state index is 0.206. The highest BCUT2D eigenvalue weighted by molar-refractivity contribution is 4.98. The Kier molecular flexibility index (Phi) is 3.16. The molecule has 0 N–H and O–H groups in total. The summed E-state index contributed by atoms with van der Waals surface area (Å²) in [7, 11) is 3.52. The molecule has 3 heterocycles. The Morgan fingerprint density at radius 2 is 1.74 bits per heavy atom. The Bertz CT molecular complexity index is 355. The quantitative estimate of drug-likeness (QED) is 0.704. The second-order valence-corrected chi connectivity index (χ2v) is 6.07. The molecule has 0 aliphatic carbocycles. The summed E-state index contributed by atoms with van der Waals surface area (Å²) in [6, 6.07) is 0. The van der Waals surface area contributed by atoms with Crippen LogP contribution in [0.15, 0.2) is 0 Å². The van der Waals surface area contributed by atoms with E-state index in [-0.39, 0.29) is 24.4 Å². The molecule has 0 aromatic rings. The van der Waals surface area contributed by atoms with Gasteiger partial charge in [0.1, 0.15) is 18.3 Å². The number of ether oxygens (including phenoxy) is 6. The van der Waals surface area contributed by atoms with E-state index >= 15 is 0 Å². The lowest BCUT2D eigenvalue weighted by Crippen LogP contribution is -2.43. The number of hydrogen-bond acceptors (Lipinski definition) is 6. The lowest BCUT2D eigenvalue weighted by molar-refractivity contribution is -0.232. The Morgan fingerprint density at radius 1 is 1.00 bits per heavy atom. The van der Waals surface area contributed by atoms with E-state index in [1.807, 2.05) is 27.7 Å². The highest BCUT2D eigenvalue weighted by Crippen LogP contribution is 2.41. The highest BCUT2D eigenvalue weighted by atomic mass is 16.8. The standard InChI is InChI=1S/C13H21O6/c1-12(2)15-6-7(17-12)8-9(14-5)10-11(16-8)19-13(3,4)18-10/h7-11H,5-6H2,1-4H3/q-1/t7?,8-,9+,10+,11-/m1/s1. The van der Waals surface area contributed by atoms with Crippen LogP contribution >= 0.6 is 0 Å². The summed E-state index contributed by atoms with van der Waals surface area (Å²) in [6.45, 7) is 7.91. The van der Waals surface area contributed by atoms with Gasteiger partial charge in [-0.2, -0.15) is 0 Å². The summed E-state index contributed by atoms with van der Waals surface area (Å²) in [6.07, 6.45) is -1.56. The van der Waals surface area contributed by atoms with E-state index < -0.39 is 17.9 Å². The first-order valence-electron chi connectivity index (χ1n) is 6.55. The predicted octanol–water partition coefficient (Wildman–Crippen LogP) is 1.19. The molecule has 0 aromatic carbocycles. The van der Waals surface area contributed by atoms with Crippen molar-refractivity contribution < 1.29 is 28.4 Å². The first kappa shape index (κ1) is 13.7. The maximum atomic E-state index is 5.88. The lowest BCUT2D eigenvalue weighted by atomic mass is 10.1. The van der Waals surface area contributed by atoms with Crippen molar-refractivity contribution >= 4 is 0 Å². The third kappa shape index (κ3) is 2.41. The molecular weight excluding hydrogens is 252 g/mol. The van der Waals surface area contributed by atoms with Crippen LogP contribution in [0.5, 0.6) is 0 Å². The van der Waals surface area contributed by atoms with Crippen LogP contribution < -0.4 is 0 Å². The van der Waals surface area contributed by atoms with E-state index in [9.17, 15) is 0 Å². The van der Waals surface area contributed by atoms with Crippen LogP contribution in [0.4, 0.5) is 0 Å². The maximum Gasteiger partial charge on any atom is 0.190 e. The molecule has 5 atom stereocenters. The average molecular weight is 273 g/mol.